The number of carbonyl (C=O) groups excluding carboxylic acids is 2. The number of pyridine rings is 1. The molecule has 0 aliphatic carbocycles. The van der Waals surface area contributed by atoms with Crippen LogP contribution in [-0.4, -0.2) is 26.9 Å². The Kier molecular flexibility index (Phi) is 5.16. The monoisotopic (exact) mass is 401 g/mol. The topological polar surface area (TPSA) is 130 Å². The van der Waals surface area contributed by atoms with Crippen molar-refractivity contribution in [2.75, 3.05) is 10.6 Å². The van der Waals surface area contributed by atoms with Gasteiger partial charge in [0.15, 0.2) is 5.82 Å². The summed E-state index contributed by atoms with van der Waals surface area (Å²) in [5.74, 6) is -1.09. The van der Waals surface area contributed by atoms with Gasteiger partial charge in [0.25, 0.3) is 11.8 Å². The second-order valence-electron chi connectivity index (χ2n) is 6.26. The van der Waals surface area contributed by atoms with Crippen molar-refractivity contribution in [1.29, 1.82) is 0 Å². The minimum atomic E-state index is -0.662. The van der Waals surface area contributed by atoms with Crippen LogP contribution in [-0.2, 0) is 0 Å². The second kappa shape index (κ2) is 8.23. The number of aromatic amines is 1. The van der Waals surface area contributed by atoms with Crippen molar-refractivity contribution in [2.45, 2.75) is 0 Å². The Morgan fingerprint density at radius 3 is 2.27 bits per heavy atom. The zero-order valence-electron chi connectivity index (χ0n) is 15.5. The van der Waals surface area contributed by atoms with E-state index in [-0.39, 0.29) is 17.6 Å². The zero-order valence-corrected chi connectivity index (χ0v) is 15.5. The summed E-state index contributed by atoms with van der Waals surface area (Å²) < 4.78 is 4.50. The van der Waals surface area contributed by atoms with Gasteiger partial charge in [-0.1, -0.05) is 23.4 Å². The third kappa shape index (κ3) is 4.30. The molecule has 0 saturated heterocycles. The second-order valence-corrected chi connectivity index (χ2v) is 6.26. The molecule has 0 atom stereocenters. The molecule has 9 heteroatoms. The first-order chi connectivity index (χ1) is 14.6. The zero-order chi connectivity index (χ0) is 20.9. The standard InChI is InChI=1S/C21H15N5O4/c27-19(23-16-7-1-4-13(10-16)18-25-21(29)30-26-18)14-5-2-8-17(11-14)24-20(28)15-6-3-9-22-12-15/h1-12H,(H,23,27)(H,24,28)(H,25,26,29). The fraction of sp³-hybridized carbons (Fsp3) is 0. The molecule has 148 valence electrons. The van der Waals surface area contributed by atoms with E-state index in [1.165, 1.54) is 6.20 Å². The van der Waals surface area contributed by atoms with Crippen LogP contribution in [0.3, 0.4) is 0 Å². The van der Waals surface area contributed by atoms with Crippen LogP contribution in [0.15, 0.2) is 82.4 Å². The highest BCUT2D eigenvalue weighted by molar-refractivity contribution is 6.07. The van der Waals surface area contributed by atoms with Gasteiger partial charge in [-0.05, 0) is 42.5 Å². The minimum absolute atomic E-state index is 0.260. The van der Waals surface area contributed by atoms with Gasteiger partial charge in [-0.2, -0.15) is 0 Å². The third-order valence-corrected chi connectivity index (χ3v) is 4.14. The summed E-state index contributed by atoms with van der Waals surface area (Å²) in [6.07, 6.45) is 3.04. The molecule has 0 aliphatic heterocycles. The van der Waals surface area contributed by atoms with Crippen molar-refractivity contribution in [3.8, 4) is 11.4 Å². The summed E-state index contributed by atoms with van der Waals surface area (Å²) in [7, 11) is 0. The van der Waals surface area contributed by atoms with Crippen LogP contribution in [0.5, 0.6) is 0 Å². The number of anilines is 2. The van der Waals surface area contributed by atoms with E-state index in [1.54, 1.807) is 66.9 Å². The minimum Gasteiger partial charge on any atom is -0.322 e. The Balaban J connectivity index is 1.48. The molecular weight excluding hydrogens is 386 g/mol. The molecule has 2 amide bonds. The summed E-state index contributed by atoms with van der Waals surface area (Å²) in [4.78, 5) is 42.4. The van der Waals surface area contributed by atoms with Crippen LogP contribution < -0.4 is 16.4 Å². The van der Waals surface area contributed by atoms with Crippen molar-refractivity contribution in [2.24, 2.45) is 0 Å². The first kappa shape index (κ1) is 18.8. The van der Waals surface area contributed by atoms with Crippen molar-refractivity contribution in [3.63, 3.8) is 0 Å². The van der Waals surface area contributed by atoms with Gasteiger partial charge < -0.3 is 10.6 Å². The van der Waals surface area contributed by atoms with E-state index in [0.717, 1.165) is 0 Å². The molecule has 4 aromatic rings. The summed E-state index contributed by atoms with van der Waals surface area (Å²) in [6, 6.07) is 16.7. The average Bonchev–Trinajstić information content (AvgIpc) is 3.21. The normalized spacial score (nSPS) is 10.4. The van der Waals surface area contributed by atoms with E-state index in [4.69, 9.17) is 0 Å². The lowest BCUT2D eigenvalue weighted by atomic mass is 10.1. The van der Waals surface area contributed by atoms with E-state index < -0.39 is 5.76 Å². The number of nitrogens with one attached hydrogen (secondary N) is 3. The molecular formula is C21H15N5O4. The van der Waals surface area contributed by atoms with Gasteiger partial charge in [0.2, 0.25) is 0 Å². The number of nitrogens with zero attached hydrogens (tertiary/aromatic N) is 2. The smallest absolute Gasteiger partial charge is 0.322 e. The number of amides is 2. The molecule has 2 aromatic carbocycles. The third-order valence-electron chi connectivity index (χ3n) is 4.14. The number of rotatable bonds is 5. The van der Waals surface area contributed by atoms with Crippen molar-refractivity contribution in [3.05, 3.63) is 94.7 Å². The maximum atomic E-state index is 12.6. The first-order valence-corrected chi connectivity index (χ1v) is 8.88. The Hall–Kier alpha value is -4.53. The lowest BCUT2D eigenvalue weighted by molar-refractivity contribution is 0.101. The Morgan fingerprint density at radius 2 is 1.57 bits per heavy atom. The highest BCUT2D eigenvalue weighted by Crippen LogP contribution is 2.20. The van der Waals surface area contributed by atoms with Crippen LogP contribution >= 0.6 is 0 Å². The molecule has 9 nitrogen and oxygen atoms in total. The molecule has 2 heterocycles. The molecule has 0 saturated carbocycles. The van der Waals surface area contributed by atoms with Crippen LogP contribution in [0.4, 0.5) is 11.4 Å². The number of aromatic nitrogens is 3. The van der Waals surface area contributed by atoms with Crippen LogP contribution in [0.1, 0.15) is 20.7 Å². The van der Waals surface area contributed by atoms with Crippen molar-refractivity contribution >= 4 is 23.2 Å². The average molecular weight is 401 g/mol. The van der Waals surface area contributed by atoms with Gasteiger partial charge in [-0.15, -0.1) is 0 Å². The summed E-state index contributed by atoms with van der Waals surface area (Å²) >= 11 is 0. The highest BCUT2D eigenvalue weighted by atomic mass is 16.5. The van der Waals surface area contributed by atoms with Gasteiger partial charge in [-0.25, -0.2) is 4.79 Å². The predicted molar refractivity (Wildman–Crippen MR) is 109 cm³/mol. The molecule has 2 aromatic heterocycles. The van der Waals surface area contributed by atoms with Gasteiger partial charge >= 0.3 is 5.76 Å². The van der Waals surface area contributed by atoms with Crippen molar-refractivity contribution in [1.82, 2.24) is 15.1 Å². The highest BCUT2D eigenvalue weighted by Gasteiger charge is 2.11. The van der Waals surface area contributed by atoms with Crippen molar-refractivity contribution < 1.29 is 14.1 Å². The molecule has 4 rings (SSSR count). The lowest BCUT2D eigenvalue weighted by Gasteiger charge is -2.09. The lowest BCUT2D eigenvalue weighted by Crippen LogP contribution is -2.14. The van der Waals surface area contributed by atoms with Gasteiger partial charge in [0.1, 0.15) is 0 Å². The first-order valence-electron chi connectivity index (χ1n) is 8.88. The van der Waals surface area contributed by atoms with Gasteiger partial charge in [-0.3, -0.25) is 24.1 Å². The fourth-order valence-corrected chi connectivity index (χ4v) is 2.74. The number of benzene rings is 2. The molecule has 0 spiro atoms. The molecule has 0 bridgehead atoms. The molecule has 30 heavy (non-hydrogen) atoms. The fourth-order valence-electron chi connectivity index (χ4n) is 2.74. The van der Waals surface area contributed by atoms with Crippen LogP contribution in [0, 0.1) is 0 Å². The molecule has 0 unspecified atom stereocenters. The Labute approximate surface area is 169 Å². The number of H-pyrrole nitrogens is 1. The maximum absolute atomic E-state index is 12.6. The van der Waals surface area contributed by atoms with E-state index in [1.807, 2.05) is 0 Å². The summed E-state index contributed by atoms with van der Waals surface area (Å²) in [5, 5.41) is 9.14. The van der Waals surface area contributed by atoms with E-state index in [0.29, 0.717) is 28.1 Å². The largest absolute Gasteiger partial charge is 0.439 e. The molecule has 3 N–H and O–H groups in total. The molecule has 0 aliphatic rings. The Morgan fingerprint density at radius 1 is 0.867 bits per heavy atom. The maximum Gasteiger partial charge on any atom is 0.439 e. The van der Waals surface area contributed by atoms with Gasteiger partial charge in [0, 0.05) is 34.9 Å². The van der Waals surface area contributed by atoms with E-state index in [9.17, 15) is 14.4 Å². The van der Waals surface area contributed by atoms with Gasteiger partial charge in [0.05, 0.1) is 5.56 Å². The van der Waals surface area contributed by atoms with E-state index in [2.05, 4.69) is 30.3 Å². The number of hydrogen-bond acceptors (Lipinski definition) is 6. The SMILES string of the molecule is O=C(Nc1cccc(C(=O)Nc2cccc(-c3noc(=O)[nH]3)c2)c1)c1cccnc1. The number of hydrogen-bond donors (Lipinski definition) is 3. The van der Waals surface area contributed by atoms with Crippen LogP contribution in [0.2, 0.25) is 0 Å². The summed E-state index contributed by atoms with van der Waals surface area (Å²) in [5.41, 5.74) is 2.34. The molecule has 0 radical (unpaired) electrons. The Bertz CT molecular complexity index is 1260. The van der Waals surface area contributed by atoms with Crippen LogP contribution in [0.25, 0.3) is 11.4 Å². The number of carbonyl (C=O) groups is 2. The summed E-state index contributed by atoms with van der Waals surface area (Å²) in [6.45, 7) is 0. The predicted octanol–water partition coefficient (Wildman–Crippen LogP) is 2.93. The molecule has 0 fully saturated rings. The quantitative estimate of drug-likeness (QED) is 0.471. The van der Waals surface area contributed by atoms with E-state index >= 15 is 0 Å².